The third kappa shape index (κ3) is 5.74. The van der Waals surface area contributed by atoms with E-state index in [1.54, 1.807) is 0 Å². The van der Waals surface area contributed by atoms with Crippen molar-refractivity contribution >= 4 is 17.6 Å². The number of anilines is 1. The van der Waals surface area contributed by atoms with Crippen LogP contribution in [-0.4, -0.2) is 21.6 Å². The number of aromatic nitrogens is 2. The SMILES string of the molecule is CCn1nc(C)c(CN=C(NC(=O)c2ccc(C(C)(C)C)cc2)Nc2cccc(C)c2C)c1C. The largest absolute Gasteiger partial charge is 0.326 e. The molecular formula is C28H37N5O. The van der Waals surface area contributed by atoms with E-state index in [0.717, 1.165) is 34.7 Å². The Balaban J connectivity index is 1.89. The smallest absolute Gasteiger partial charge is 0.257 e. The Hall–Kier alpha value is -3.41. The van der Waals surface area contributed by atoms with Gasteiger partial charge in [0, 0.05) is 29.1 Å². The first-order chi connectivity index (χ1) is 16.0. The molecular weight excluding hydrogens is 422 g/mol. The van der Waals surface area contributed by atoms with Crippen LogP contribution in [0.2, 0.25) is 0 Å². The average molecular weight is 460 g/mol. The van der Waals surface area contributed by atoms with E-state index in [0.29, 0.717) is 18.1 Å². The van der Waals surface area contributed by atoms with Crippen LogP contribution in [0.5, 0.6) is 0 Å². The molecule has 6 heteroatoms. The summed E-state index contributed by atoms with van der Waals surface area (Å²) in [4.78, 5) is 17.9. The second-order valence-corrected chi connectivity index (χ2v) is 9.78. The van der Waals surface area contributed by atoms with Crippen LogP contribution in [0.3, 0.4) is 0 Å². The number of hydrogen-bond donors (Lipinski definition) is 2. The monoisotopic (exact) mass is 459 g/mol. The van der Waals surface area contributed by atoms with Gasteiger partial charge in [-0.25, -0.2) is 4.99 Å². The molecule has 0 aliphatic carbocycles. The van der Waals surface area contributed by atoms with Crippen LogP contribution in [0.15, 0.2) is 47.5 Å². The van der Waals surface area contributed by atoms with Crippen molar-refractivity contribution in [2.45, 2.75) is 73.9 Å². The molecule has 3 rings (SSSR count). The van der Waals surface area contributed by atoms with Crippen LogP contribution in [0.1, 0.15) is 71.7 Å². The number of hydrogen-bond acceptors (Lipinski definition) is 3. The van der Waals surface area contributed by atoms with Crippen LogP contribution in [0.4, 0.5) is 5.69 Å². The molecule has 34 heavy (non-hydrogen) atoms. The van der Waals surface area contributed by atoms with Crippen LogP contribution in [0.25, 0.3) is 0 Å². The standard InChI is InChI=1S/C28H37N5O/c1-9-33-21(5)24(20(4)32-33)17-29-27(30-25-12-10-11-18(2)19(25)3)31-26(34)22-13-15-23(16-14-22)28(6,7)8/h10-16H,9,17H2,1-8H3,(H2,29,30,31,34). The fourth-order valence-electron chi connectivity index (χ4n) is 3.85. The van der Waals surface area contributed by atoms with Gasteiger partial charge < -0.3 is 5.32 Å². The summed E-state index contributed by atoms with van der Waals surface area (Å²) in [5.41, 5.74) is 8.14. The van der Waals surface area contributed by atoms with Crippen molar-refractivity contribution in [3.05, 3.63) is 81.7 Å². The summed E-state index contributed by atoms with van der Waals surface area (Å²) >= 11 is 0. The molecule has 0 atom stereocenters. The fourth-order valence-corrected chi connectivity index (χ4v) is 3.85. The molecule has 1 heterocycles. The van der Waals surface area contributed by atoms with Gasteiger partial charge in [0.15, 0.2) is 0 Å². The number of carbonyl (C=O) groups is 1. The molecule has 180 valence electrons. The summed E-state index contributed by atoms with van der Waals surface area (Å²) in [6.07, 6.45) is 0. The topological polar surface area (TPSA) is 71.3 Å². The zero-order chi connectivity index (χ0) is 25.0. The number of aliphatic imine (C=N–C) groups is 1. The number of carbonyl (C=O) groups excluding carboxylic acids is 1. The van der Waals surface area contributed by atoms with Crippen molar-refractivity contribution in [3.63, 3.8) is 0 Å². The van der Waals surface area contributed by atoms with Gasteiger partial charge in [-0.1, -0.05) is 45.0 Å². The minimum absolute atomic E-state index is 0.0323. The maximum Gasteiger partial charge on any atom is 0.257 e. The third-order valence-electron chi connectivity index (χ3n) is 6.33. The second kappa shape index (κ2) is 10.2. The molecule has 1 amide bonds. The molecule has 6 nitrogen and oxygen atoms in total. The Labute approximate surface area is 203 Å². The van der Waals surface area contributed by atoms with Gasteiger partial charge in [0.1, 0.15) is 0 Å². The highest BCUT2D eigenvalue weighted by Gasteiger charge is 2.16. The number of nitrogens with one attached hydrogen (secondary N) is 2. The Morgan fingerprint density at radius 1 is 1.03 bits per heavy atom. The highest BCUT2D eigenvalue weighted by molar-refractivity contribution is 6.10. The molecule has 1 aromatic heterocycles. The lowest BCUT2D eigenvalue weighted by atomic mass is 9.87. The van der Waals surface area contributed by atoms with E-state index in [4.69, 9.17) is 4.99 Å². The Morgan fingerprint density at radius 2 is 1.71 bits per heavy atom. The molecule has 0 bridgehead atoms. The van der Waals surface area contributed by atoms with E-state index >= 15 is 0 Å². The van der Waals surface area contributed by atoms with Crippen LogP contribution in [-0.2, 0) is 18.5 Å². The second-order valence-electron chi connectivity index (χ2n) is 9.78. The van der Waals surface area contributed by atoms with Crippen molar-refractivity contribution in [1.82, 2.24) is 15.1 Å². The summed E-state index contributed by atoms with van der Waals surface area (Å²) in [7, 11) is 0. The summed E-state index contributed by atoms with van der Waals surface area (Å²) in [6, 6.07) is 13.8. The van der Waals surface area contributed by atoms with E-state index in [-0.39, 0.29) is 11.3 Å². The fraction of sp³-hybridized carbons (Fsp3) is 0.393. The van der Waals surface area contributed by atoms with Crippen molar-refractivity contribution < 1.29 is 4.79 Å². The lowest BCUT2D eigenvalue weighted by molar-refractivity contribution is 0.0977. The minimum Gasteiger partial charge on any atom is -0.326 e. The first-order valence-electron chi connectivity index (χ1n) is 11.8. The van der Waals surface area contributed by atoms with E-state index in [1.165, 1.54) is 11.1 Å². The highest BCUT2D eigenvalue weighted by Crippen LogP contribution is 2.22. The zero-order valence-electron chi connectivity index (χ0n) is 21.7. The van der Waals surface area contributed by atoms with Gasteiger partial charge in [0.25, 0.3) is 5.91 Å². The predicted molar refractivity (Wildman–Crippen MR) is 141 cm³/mol. The van der Waals surface area contributed by atoms with Gasteiger partial charge >= 0.3 is 0 Å². The lowest BCUT2D eigenvalue weighted by Gasteiger charge is -2.19. The summed E-state index contributed by atoms with van der Waals surface area (Å²) in [6.45, 7) is 18.0. The van der Waals surface area contributed by atoms with E-state index in [9.17, 15) is 4.79 Å². The zero-order valence-corrected chi connectivity index (χ0v) is 21.7. The van der Waals surface area contributed by atoms with Crippen LogP contribution in [0, 0.1) is 27.7 Å². The molecule has 0 saturated carbocycles. The van der Waals surface area contributed by atoms with E-state index in [2.05, 4.69) is 70.3 Å². The Bertz CT molecular complexity index is 1200. The van der Waals surface area contributed by atoms with E-state index < -0.39 is 0 Å². The summed E-state index contributed by atoms with van der Waals surface area (Å²) in [5.74, 6) is 0.219. The van der Waals surface area contributed by atoms with E-state index in [1.807, 2.05) is 48.0 Å². The molecule has 0 aliphatic rings. The number of rotatable bonds is 5. The van der Waals surface area contributed by atoms with Gasteiger partial charge in [-0.05, 0) is 74.9 Å². The molecule has 0 saturated heterocycles. The van der Waals surface area contributed by atoms with Gasteiger partial charge in [0.05, 0.1) is 12.2 Å². The maximum absolute atomic E-state index is 13.1. The van der Waals surface area contributed by atoms with Crippen LogP contribution < -0.4 is 10.6 Å². The number of aryl methyl sites for hydroxylation is 3. The third-order valence-corrected chi connectivity index (χ3v) is 6.33. The molecule has 0 unspecified atom stereocenters. The number of benzene rings is 2. The predicted octanol–water partition coefficient (Wildman–Crippen LogP) is 5.83. The molecule has 0 aliphatic heterocycles. The lowest BCUT2D eigenvalue weighted by Crippen LogP contribution is -2.36. The van der Waals surface area contributed by atoms with Crippen LogP contribution >= 0.6 is 0 Å². The molecule has 0 spiro atoms. The normalized spacial score (nSPS) is 12.1. The maximum atomic E-state index is 13.1. The van der Waals surface area contributed by atoms with Gasteiger partial charge in [0.2, 0.25) is 5.96 Å². The Kier molecular flexibility index (Phi) is 7.60. The average Bonchev–Trinajstić information content (AvgIpc) is 3.07. The van der Waals surface area contributed by atoms with Crippen molar-refractivity contribution in [3.8, 4) is 0 Å². The number of nitrogens with zero attached hydrogens (tertiary/aromatic N) is 3. The van der Waals surface area contributed by atoms with Gasteiger partial charge in [-0.3, -0.25) is 14.8 Å². The van der Waals surface area contributed by atoms with Gasteiger partial charge in [-0.2, -0.15) is 5.10 Å². The van der Waals surface area contributed by atoms with Gasteiger partial charge in [-0.15, -0.1) is 0 Å². The molecule has 3 aromatic rings. The molecule has 0 fully saturated rings. The molecule has 2 aromatic carbocycles. The van der Waals surface area contributed by atoms with Crippen molar-refractivity contribution in [2.24, 2.45) is 4.99 Å². The quantitative estimate of drug-likeness (QED) is 0.372. The highest BCUT2D eigenvalue weighted by atomic mass is 16.1. The summed E-state index contributed by atoms with van der Waals surface area (Å²) < 4.78 is 1.98. The first kappa shape index (κ1) is 25.2. The summed E-state index contributed by atoms with van der Waals surface area (Å²) in [5, 5.41) is 10.9. The molecule has 0 radical (unpaired) electrons. The van der Waals surface area contributed by atoms with Crippen molar-refractivity contribution in [2.75, 3.05) is 5.32 Å². The number of guanidine groups is 1. The minimum atomic E-state index is -0.199. The first-order valence-corrected chi connectivity index (χ1v) is 11.8. The Morgan fingerprint density at radius 3 is 2.29 bits per heavy atom. The molecule has 2 N–H and O–H groups in total. The van der Waals surface area contributed by atoms with Crippen molar-refractivity contribution in [1.29, 1.82) is 0 Å². The number of amides is 1.